The van der Waals surface area contributed by atoms with Crippen molar-refractivity contribution in [2.45, 2.75) is 30.5 Å². The minimum atomic E-state index is -1.37. The molecule has 5 atom stereocenters. The average molecular weight is 241 g/mol. The molecule has 0 amide bonds. The number of nitrogens with zero attached hydrogens (tertiary/aromatic N) is 1. The lowest BCUT2D eigenvalue weighted by molar-refractivity contribution is -0.232. The summed E-state index contributed by atoms with van der Waals surface area (Å²) in [6, 6.07) is 5.09. The summed E-state index contributed by atoms with van der Waals surface area (Å²) < 4.78 is 5.34. The van der Waals surface area contributed by atoms with Crippen LogP contribution in [0, 0.1) is 0 Å². The van der Waals surface area contributed by atoms with Gasteiger partial charge in [-0.1, -0.05) is 6.07 Å². The predicted molar refractivity (Wildman–Crippen MR) is 57.0 cm³/mol. The molecular formula is C11H15NO5. The highest BCUT2D eigenvalue weighted by atomic mass is 16.5. The van der Waals surface area contributed by atoms with E-state index in [1.54, 1.807) is 18.2 Å². The number of hydrogen-bond donors (Lipinski definition) is 4. The van der Waals surface area contributed by atoms with Crippen LogP contribution < -0.4 is 0 Å². The van der Waals surface area contributed by atoms with Gasteiger partial charge in [-0.2, -0.15) is 0 Å². The molecule has 0 radical (unpaired) electrons. The van der Waals surface area contributed by atoms with Gasteiger partial charge in [0.2, 0.25) is 0 Å². The fraction of sp³-hybridized carbons (Fsp3) is 0.545. The summed E-state index contributed by atoms with van der Waals surface area (Å²) >= 11 is 0. The van der Waals surface area contributed by atoms with Crippen LogP contribution in [0.2, 0.25) is 0 Å². The summed E-state index contributed by atoms with van der Waals surface area (Å²) in [7, 11) is 0. The first kappa shape index (κ1) is 12.4. The van der Waals surface area contributed by atoms with Gasteiger partial charge in [-0.3, -0.25) is 4.98 Å². The molecule has 2 heterocycles. The number of aromatic nitrogens is 1. The molecule has 0 spiro atoms. The van der Waals surface area contributed by atoms with Gasteiger partial charge in [0.25, 0.3) is 0 Å². The van der Waals surface area contributed by atoms with Crippen LogP contribution in [-0.4, -0.2) is 56.4 Å². The zero-order valence-electron chi connectivity index (χ0n) is 9.05. The topological polar surface area (TPSA) is 103 Å². The van der Waals surface area contributed by atoms with E-state index in [2.05, 4.69) is 4.98 Å². The summed E-state index contributed by atoms with van der Waals surface area (Å²) in [6.07, 6.45) is -4.20. The van der Waals surface area contributed by atoms with Gasteiger partial charge >= 0.3 is 0 Å². The van der Waals surface area contributed by atoms with Gasteiger partial charge in [-0.25, -0.2) is 0 Å². The van der Waals surface area contributed by atoms with Crippen molar-refractivity contribution in [3.63, 3.8) is 0 Å². The van der Waals surface area contributed by atoms with Gasteiger partial charge in [-0.05, 0) is 12.1 Å². The smallest absolute Gasteiger partial charge is 0.128 e. The van der Waals surface area contributed by atoms with E-state index in [9.17, 15) is 15.3 Å². The highest BCUT2D eigenvalue weighted by Gasteiger charge is 2.44. The third kappa shape index (κ3) is 2.31. The molecule has 1 fully saturated rings. The highest BCUT2D eigenvalue weighted by molar-refractivity contribution is 5.11. The fourth-order valence-corrected chi connectivity index (χ4v) is 1.89. The van der Waals surface area contributed by atoms with Crippen LogP contribution >= 0.6 is 0 Å². The third-order valence-electron chi connectivity index (χ3n) is 2.87. The predicted octanol–water partition coefficient (Wildman–Crippen LogP) is -1.40. The molecule has 1 aromatic heterocycles. The van der Waals surface area contributed by atoms with Crippen LogP contribution in [0.15, 0.2) is 24.4 Å². The SMILES string of the molecule is OC[C@H]1O[C@@H](c2ccccn2)[C@H](O)[C@@H](O)[C@H]1O. The molecule has 4 N–H and O–H groups in total. The van der Waals surface area contributed by atoms with Crippen LogP contribution in [0.5, 0.6) is 0 Å². The highest BCUT2D eigenvalue weighted by Crippen LogP contribution is 2.30. The van der Waals surface area contributed by atoms with Gasteiger partial charge in [0.15, 0.2) is 0 Å². The lowest BCUT2D eigenvalue weighted by Crippen LogP contribution is -2.55. The van der Waals surface area contributed by atoms with E-state index in [1.165, 1.54) is 6.20 Å². The zero-order valence-corrected chi connectivity index (χ0v) is 9.05. The minimum absolute atomic E-state index is 0.436. The normalized spacial score (nSPS) is 38.0. The largest absolute Gasteiger partial charge is 0.394 e. The number of rotatable bonds is 2. The number of aliphatic hydroxyl groups is 4. The molecule has 2 rings (SSSR count). The monoisotopic (exact) mass is 241 g/mol. The van der Waals surface area contributed by atoms with E-state index in [-0.39, 0.29) is 0 Å². The van der Waals surface area contributed by atoms with Gasteiger partial charge in [0.05, 0.1) is 12.3 Å². The van der Waals surface area contributed by atoms with Crippen LogP contribution in [-0.2, 0) is 4.74 Å². The third-order valence-corrected chi connectivity index (χ3v) is 2.87. The summed E-state index contributed by atoms with van der Waals surface area (Å²) in [5.74, 6) is 0. The Morgan fingerprint density at radius 1 is 1.12 bits per heavy atom. The maximum absolute atomic E-state index is 9.82. The van der Waals surface area contributed by atoms with Gasteiger partial charge in [-0.15, -0.1) is 0 Å². The first-order valence-electron chi connectivity index (χ1n) is 5.36. The van der Waals surface area contributed by atoms with Crippen molar-refractivity contribution in [1.82, 2.24) is 4.98 Å². The Labute approximate surface area is 98.1 Å². The second-order valence-corrected chi connectivity index (χ2v) is 4.00. The lowest BCUT2D eigenvalue weighted by atomic mass is 9.93. The number of hydrogen-bond acceptors (Lipinski definition) is 6. The maximum Gasteiger partial charge on any atom is 0.128 e. The molecule has 1 aliphatic rings. The Hall–Kier alpha value is -1.05. The summed E-state index contributed by atoms with van der Waals surface area (Å²) in [4.78, 5) is 4.02. The Morgan fingerprint density at radius 3 is 2.47 bits per heavy atom. The van der Waals surface area contributed by atoms with Crippen LogP contribution in [0.3, 0.4) is 0 Å². The molecular weight excluding hydrogens is 226 g/mol. The summed E-state index contributed by atoms with van der Waals surface area (Å²) in [5, 5.41) is 38.1. The van der Waals surface area contributed by atoms with E-state index in [0.29, 0.717) is 5.69 Å². The zero-order chi connectivity index (χ0) is 12.4. The molecule has 1 aliphatic heterocycles. The Kier molecular flexibility index (Phi) is 3.70. The Bertz CT molecular complexity index is 358. The van der Waals surface area contributed by atoms with Crippen molar-refractivity contribution in [2.75, 3.05) is 6.61 Å². The van der Waals surface area contributed by atoms with E-state index >= 15 is 0 Å². The average Bonchev–Trinajstić information content (AvgIpc) is 2.37. The van der Waals surface area contributed by atoms with E-state index < -0.39 is 37.1 Å². The number of pyridine rings is 1. The molecule has 0 aliphatic carbocycles. The van der Waals surface area contributed by atoms with Gasteiger partial charge < -0.3 is 25.2 Å². The standard InChI is InChI=1S/C11H15NO5/c13-5-7-8(14)9(15)10(16)11(17-7)6-3-1-2-4-12-6/h1-4,7-11,13-16H,5H2/t7-,8+,9+,10-,11+/m1/s1. The van der Waals surface area contributed by atoms with E-state index in [0.717, 1.165) is 0 Å². The summed E-state index contributed by atoms with van der Waals surface area (Å²) in [5.41, 5.74) is 0.449. The van der Waals surface area contributed by atoms with Crippen molar-refractivity contribution >= 4 is 0 Å². The van der Waals surface area contributed by atoms with Crippen molar-refractivity contribution in [3.05, 3.63) is 30.1 Å². The van der Waals surface area contributed by atoms with Crippen LogP contribution in [0.25, 0.3) is 0 Å². The first-order valence-corrected chi connectivity index (χ1v) is 5.36. The molecule has 6 heteroatoms. The molecule has 0 saturated carbocycles. The number of aliphatic hydroxyl groups excluding tert-OH is 4. The molecule has 17 heavy (non-hydrogen) atoms. The van der Waals surface area contributed by atoms with Crippen molar-refractivity contribution < 1.29 is 25.2 Å². The second-order valence-electron chi connectivity index (χ2n) is 4.00. The fourth-order valence-electron chi connectivity index (χ4n) is 1.89. The minimum Gasteiger partial charge on any atom is -0.394 e. The molecule has 1 aromatic rings. The quantitative estimate of drug-likeness (QED) is 0.507. The van der Waals surface area contributed by atoms with E-state index in [1.807, 2.05) is 0 Å². The summed E-state index contributed by atoms with van der Waals surface area (Å²) in [6.45, 7) is -0.436. The Balaban J connectivity index is 2.23. The molecule has 1 saturated heterocycles. The van der Waals surface area contributed by atoms with Crippen molar-refractivity contribution in [1.29, 1.82) is 0 Å². The van der Waals surface area contributed by atoms with Gasteiger partial charge in [0, 0.05) is 6.20 Å². The molecule has 0 aromatic carbocycles. The second kappa shape index (κ2) is 5.07. The van der Waals surface area contributed by atoms with Crippen LogP contribution in [0.1, 0.15) is 11.8 Å². The lowest BCUT2D eigenvalue weighted by Gasteiger charge is -2.39. The number of ether oxygens (including phenoxy) is 1. The maximum atomic E-state index is 9.82. The first-order chi connectivity index (χ1) is 8.15. The van der Waals surface area contributed by atoms with E-state index in [4.69, 9.17) is 9.84 Å². The Morgan fingerprint density at radius 2 is 1.88 bits per heavy atom. The van der Waals surface area contributed by atoms with Crippen molar-refractivity contribution in [3.8, 4) is 0 Å². The van der Waals surface area contributed by atoms with Gasteiger partial charge in [0.1, 0.15) is 30.5 Å². The molecule has 94 valence electrons. The molecule has 0 bridgehead atoms. The molecule has 6 nitrogen and oxygen atoms in total. The molecule has 0 unspecified atom stereocenters. The van der Waals surface area contributed by atoms with Crippen molar-refractivity contribution in [2.24, 2.45) is 0 Å². The van der Waals surface area contributed by atoms with Crippen LogP contribution in [0.4, 0.5) is 0 Å².